The Kier molecular flexibility index (Phi) is 9.17. The largest absolute Gasteiger partial charge is 0.462 e. The number of rotatable bonds is 6. The Morgan fingerprint density at radius 2 is 1.53 bits per heavy atom. The molecular formula is C24H18Cl4N2O3S. The fourth-order valence-electron chi connectivity index (χ4n) is 3.00. The Bertz CT molecular complexity index is 1240. The van der Waals surface area contributed by atoms with E-state index in [-0.39, 0.29) is 28.9 Å². The zero-order chi connectivity index (χ0) is 24.8. The molecule has 3 aromatic carbocycles. The molecule has 1 N–H and O–H groups in total. The van der Waals surface area contributed by atoms with E-state index in [1.165, 1.54) is 12.1 Å². The number of carbonyl (C=O) groups is 2. The monoisotopic (exact) mass is 554 g/mol. The predicted molar refractivity (Wildman–Crippen MR) is 142 cm³/mol. The second kappa shape index (κ2) is 11.9. The lowest BCUT2D eigenvalue weighted by atomic mass is 10.1. The van der Waals surface area contributed by atoms with Crippen LogP contribution in [0, 0.1) is 0 Å². The summed E-state index contributed by atoms with van der Waals surface area (Å²) in [5, 5.41) is 4.33. The molecule has 3 rings (SSSR count). The van der Waals surface area contributed by atoms with Crippen molar-refractivity contribution in [2.75, 3.05) is 11.5 Å². The van der Waals surface area contributed by atoms with Crippen LogP contribution in [-0.2, 0) is 11.3 Å². The van der Waals surface area contributed by atoms with Gasteiger partial charge in [0, 0.05) is 20.8 Å². The van der Waals surface area contributed by atoms with Gasteiger partial charge in [0.25, 0.3) is 5.91 Å². The lowest BCUT2D eigenvalue weighted by molar-refractivity contribution is 0.0526. The van der Waals surface area contributed by atoms with Crippen LogP contribution in [0.5, 0.6) is 0 Å². The first kappa shape index (κ1) is 26.3. The molecule has 10 heteroatoms. The van der Waals surface area contributed by atoms with Gasteiger partial charge in [0.15, 0.2) is 5.11 Å². The summed E-state index contributed by atoms with van der Waals surface area (Å²) in [6.45, 7) is 2.23. The molecule has 5 nitrogen and oxygen atoms in total. The lowest BCUT2D eigenvalue weighted by Gasteiger charge is -2.26. The molecule has 0 radical (unpaired) electrons. The number of hydrogen-bond donors (Lipinski definition) is 1. The summed E-state index contributed by atoms with van der Waals surface area (Å²) in [5.41, 5.74) is 1.95. The summed E-state index contributed by atoms with van der Waals surface area (Å²) >= 11 is 30.0. The van der Waals surface area contributed by atoms with E-state index in [1.54, 1.807) is 60.4 Å². The highest BCUT2D eigenvalue weighted by molar-refractivity contribution is 7.80. The molecule has 0 aromatic heterocycles. The molecule has 0 saturated carbocycles. The molecular weight excluding hydrogens is 538 g/mol. The smallest absolute Gasteiger partial charge is 0.338 e. The van der Waals surface area contributed by atoms with Crippen LogP contribution in [0.2, 0.25) is 20.1 Å². The van der Waals surface area contributed by atoms with Crippen LogP contribution in [0.4, 0.5) is 5.69 Å². The standard InChI is InChI=1S/C24H18Cl4N2O3S/c1-2-33-23(32)14-4-8-18(9-5-14)30(13-15-3-6-16(25)11-20(15)27)24(34)29-22(31)19-10-7-17(26)12-21(19)28/h3-12H,2,13H2,1H3,(H,29,31,34). The highest BCUT2D eigenvalue weighted by atomic mass is 35.5. The van der Waals surface area contributed by atoms with Crippen LogP contribution in [0.3, 0.4) is 0 Å². The molecule has 0 spiro atoms. The molecule has 1 amide bonds. The fourth-order valence-corrected chi connectivity index (χ4v) is 4.22. The lowest BCUT2D eigenvalue weighted by Crippen LogP contribution is -2.42. The first-order valence-electron chi connectivity index (χ1n) is 9.98. The van der Waals surface area contributed by atoms with Gasteiger partial charge in [-0.15, -0.1) is 0 Å². The van der Waals surface area contributed by atoms with Crippen molar-refractivity contribution in [3.05, 3.63) is 97.4 Å². The number of thiocarbonyl (C=S) groups is 1. The van der Waals surface area contributed by atoms with Crippen LogP contribution < -0.4 is 10.2 Å². The highest BCUT2D eigenvalue weighted by Crippen LogP contribution is 2.26. The SMILES string of the molecule is CCOC(=O)c1ccc(N(Cc2ccc(Cl)cc2Cl)C(=S)NC(=O)c2ccc(Cl)cc2Cl)cc1. The van der Waals surface area contributed by atoms with Gasteiger partial charge in [-0.2, -0.15) is 0 Å². The van der Waals surface area contributed by atoms with Gasteiger partial charge >= 0.3 is 5.97 Å². The number of anilines is 1. The van der Waals surface area contributed by atoms with Gasteiger partial charge in [-0.3, -0.25) is 10.1 Å². The third-order valence-corrected chi connectivity index (χ3v) is 6.13. The number of esters is 1. The van der Waals surface area contributed by atoms with E-state index in [2.05, 4.69) is 5.32 Å². The Hall–Kier alpha value is -2.35. The average Bonchev–Trinajstić information content (AvgIpc) is 2.78. The number of benzene rings is 3. The van der Waals surface area contributed by atoms with Gasteiger partial charge in [0.2, 0.25) is 0 Å². The van der Waals surface area contributed by atoms with Gasteiger partial charge in [-0.1, -0.05) is 52.5 Å². The van der Waals surface area contributed by atoms with E-state index in [0.717, 1.165) is 5.56 Å². The predicted octanol–water partition coefficient (Wildman–Crippen LogP) is 7.20. The van der Waals surface area contributed by atoms with Crippen LogP contribution in [0.15, 0.2) is 60.7 Å². The molecule has 34 heavy (non-hydrogen) atoms. The Balaban J connectivity index is 1.91. The van der Waals surface area contributed by atoms with Crippen LogP contribution in [-0.4, -0.2) is 23.6 Å². The number of nitrogens with zero attached hydrogens (tertiary/aromatic N) is 1. The van der Waals surface area contributed by atoms with Crippen molar-refractivity contribution in [3.63, 3.8) is 0 Å². The number of ether oxygens (including phenoxy) is 1. The van der Waals surface area contributed by atoms with Crippen molar-refractivity contribution >= 4 is 81.3 Å². The number of nitrogens with one attached hydrogen (secondary N) is 1. The number of halogens is 4. The van der Waals surface area contributed by atoms with Crippen LogP contribution >= 0.6 is 58.6 Å². The highest BCUT2D eigenvalue weighted by Gasteiger charge is 2.20. The molecule has 0 saturated heterocycles. The first-order chi connectivity index (χ1) is 16.2. The summed E-state index contributed by atoms with van der Waals surface area (Å²) in [6.07, 6.45) is 0. The third-order valence-electron chi connectivity index (χ3n) is 4.68. The van der Waals surface area contributed by atoms with Gasteiger partial charge in [0.05, 0.1) is 29.3 Å². The van der Waals surface area contributed by atoms with Gasteiger partial charge in [0.1, 0.15) is 0 Å². The maximum Gasteiger partial charge on any atom is 0.338 e. The minimum absolute atomic E-state index is 0.103. The Morgan fingerprint density at radius 3 is 2.12 bits per heavy atom. The molecule has 0 aliphatic carbocycles. The third kappa shape index (κ3) is 6.62. The number of amides is 1. The summed E-state index contributed by atoms with van der Waals surface area (Å²) in [4.78, 5) is 26.5. The summed E-state index contributed by atoms with van der Waals surface area (Å²) < 4.78 is 5.03. The van der Waals surface area contributed by atoms with Crippen molar-refractivity contribution in [3.8, 4) is 0 Å². The van der Waals surface area contributed by atoms with Crippen LogP contribution in [0.25, 0.3) is 0 Å². The average molecular weight is 556 g/mol. The topological polar surface area (TPSA) is 58.6 Å². The quantitative estimate of drug-likeness (QED) is 0.257. The Labute approximate surface area is 222 Å². The van der Waals surface area contributed by atoms with E-state index in [9.17, 15) is 9.59 Å². The zero-order valence-electron chi connectivity index (χ0n) is 17.8. The van der Waals surface area contributed by atoms with E-state index in [1.807, 2.05) is 0 Å². The van der Waals surface area contributed by atoms with Crippen molar-refractivity contribution in [2.45, 2.75) is 13.5 Å². The zero-order valence-corrected chi connectivity index (χ0v) is 21.6. The maximum atomic E-state index is 12.8. The van der Waals surface area contributed by atoms with Gasteiger partial charge in [-0.05, 0) is 79.3 Å². The summed E-state index contributed by atoms with van der Waals surface area (Å²) in [5.74, 6) is -0.934. The molecule has 0 fully saturated rings. The minimum Gasteiger partial charge on any atom is -0.462 e. The second-order valence-corrected chi connectivity index (χ2v) is 9.05. The summed E-state index contributed by atoms with van der Waals surface area (Å²) in [7, 11) is 0. The second-order valence-electron chi connectivity index (χ2n) is 6.97. The van der Waals surface area contributed by atoms with E-state index >= 15 is 0 Å². The first-order valence-corrected chi connectivity index (χ1v) is 11.9. The van der Waals surface area contributed by atoms with Crippen LogP contribution in [0.1, 0.15) is 33.2 Å². The number of hydrogen-bond acceptors (Lipinski definition) is 4. The normalized spacial score (nSPS) is 10.5. The van der Waals surface area contributed by atoms with Crippen molar-refractivity contribution in [1.82, 2.24) is 5.32 Å². The molecule has 176 valence electrons. The molecule has 0 aliphatic heterocycles. The number of carbonyl (C=O) groups excluding carboxylic acids is 2. The van der Waals surface area contributed by atoms with Crippen molar-refractivity contribution in [1.29, 1.82) is 0 Å². The fraction of sp³-hybridized carbons (Fsp3) is 0.125. The van der Waals surface area contributed by atoms with Crippen molar-refractivity contribution < 1.29 is 14.3 Å². The van der Waals surface area contributed by atoms with Crippen molar-refractivity contribution in [2.24, 2.45) is 0 Å². The summed E-state index contributed by atoms with van der Waals surface area (Å²) in [6, 6.07) is 16.3. The van der Waals surface area contributed by atoms with E-state index in [4.69, 9.17) is 63.4 Å². The van der Waals surface area contributed by atoms with E-state index in [0.29, 0.717) is 26.3 Å². The molecule has 3 aromatic rings. The van der Waals surface area contributed by atoms with Gasteiger partial charge < -0.3 is 9.64 Å². The molecule has 0 unspecified atom stereocenters. The molecule has 0 heterocycles. The maximum absolute atomic E-state index is 12.8. The molecule has 0 atom stereocenters. The molecule has 0 aliphatic rings. The Morgan fingerprint density at radius 1 is 0.912 bits per heavy atom. The van der Waals surface area contributed by atoms with Gasteiger partial charge in [-0.25, -0.2) is 4.79 Å². The van der Waals surface area contributed by atoms with E-state index < -0.39 is 11.9 Å². The molecule has 0 bridgehead atoms. The minimum atomic E-state index is -0.498.